The van der Waals surface area contributed by atoms with E-state index in [1.807, 2.05) is 12.1 Å². The number of ether oxygens (including phenoxy) is 2. The second kappa shape index (κ2) is 4.97. The van der Waals surface area contributed by atoms with E-state index >= 15 is 0 Å². The van der Waals surface area contributed by atoms with Crippen molar-refractivity contribution in [3.63, 3.8) is 0 Å². The molecule has 0 amide bonds. The average Bonchev–Trinajstić information content (AvgIpc) is 3.26. The first-order valence-corrected chi connectivity index (χ1v) is 7.11. The van der Waals surface area contributed by atoms with Gasteiger partial charge < -0.3 is 9.47 Å². The van der Waals surface area contributed by atoms with Crippen LogP contribution in [0.15, 0.2) is 30.3 Å². The smallest absolute Gasteiger partial charge is 0.308 e. The molecule has 0 aromatic heterocycles. The van der Waals surface area contributed by atoms with Gasteiger partial charge in [-0.3, -0.25) is 4.79 Å². The highest BCUT2D eigenvalue weighted by Crippen LogP contribution is 2.62. The number of esters is 1. The lowest BCUT2D eigenvalue weighted by Crippen LogP contribution is -2.24. The van der Waals surface area contributed by atoms with Gasteiger partial charge in [-0.1, -0.05) is 18.2 Å². The summed E-state index contributed by atoms with van der Waals surface area (Å²) in [5.41, 5.74) is 2.87. The number of carbonyl (C=O) groups excluding carboxylic acids is 1. The topological polar surface area (TPSA) is 35.5 Å². The zero-order valence-corrected chi connectivity index (χ0v) is 12.0. The van der Waals surface area contributed by atoms with Gasteiger partial charge in [-0.25, -0.2) is 0 Å². The summed E-state index contributed by atoms with van der Waals surface area (Å²) in [7, 11) is 3.16. The number of rotatable bonds is 3. The van der Waals surface area contributed by atoms with Crippen molar-refractivity contribution in [1.82, 2.24) is 0 Å². The minimum Gasteiger partial charge on any atom is -0.497 e. The Morgan fingerprint density at radius 3 is 2.45 bits per heavy atom. The lowest BCUT2D eigenvalue weighted by molar-refractivity contribution is -0.146. The molecular formula is C17H20O3. The monoisotopic (exact) mass is 272 g/mol. The van der Waals surface area contributed by atoms with Crippen LogP contribution in [0.1, 0.15) is 31.2 Å². The van der Waals surface area contributed by atoms with Gasteiger partial charge in [-0.15, -0.1) is 0 Å². The number of hydrogen-bond acceptors (Lipinski definition) is 3. The first kappa shape index (κ1) is 13.2. The van der Waals surface area contributed by atoms with E-state index in [2.05, 4.69) is 18.2 Å². The Bertz CT molecular complexity index is 538. The molecule has 0 heterocycles. The summed E-state index contributed by atoms with van der Waals surface area (Å²) in [6.07, 6.45) is 6.31. The highest BCUT2D eigenvalue weighted by Gasteiger charge is 2.50. The lowest BCUT2D eigenvalue weighted by Gasteiger charge is -2.29. The Labute approximate surface area is 119 Å². The fraction of sp³-hybridized carbons (Fsp3) is 0.471. The summed E-state index contributed by atoms with van der Waals surface area (Å²) in [4.78, 5) is 11.7. The third-order valence-corrected chi connectivity index (χ3v) is 4.60. The van der Waals surface area contributed by atoms with Crippen LogP contribution >= 0.6 is 0 Å². The van der Waals surface area contributed by atoms with Crippen LogP contribution in [0, 0.1) is 11.3 Å². The zero-order valence-electron chi connectivity index (χ0n) is 12.0. The Balaban J connectivity index is 1.86. The van der Waals surface area contributed by atoms with E-state index in [4.69, 9.17) is 9.47 Å². The number of carbonyl (C=O) groups is 1. The maximum Gasteiger partial charge on any atom is 0.308 e. The SMILES string of the molecule is COC(=O)C1CC=C(c2ccc(OC)cc2)C2(CC2)C1. The van der Waals surface area contributed by atoms with E-state index in [0.717, 1.165) is 18.6 Å². The molecule has 1 spiro atoms. The maximum atomic E-state index is 11.7. The van der Waals surface area contributed by atoms with Crippen molar-refractivity contribution < 1.29 is 14.3 Å². The molecule has 3 rings (SSSR count). The Kier molecular flexibility index (Phi) is 3.28. The van der Waals surface area contributed by atoms with Crippen LogP contribution in [0.25, 0.3) is 5.57 Å². The molecular weight excluding hydrogens is 252 g/mol. The van der Waals surface area contributed by atoms with Crippen LogP contribution in [-0.4, -0.2) is 20.2 Å². The number of benzene rings is 1. The summed E-state index contributed by atoms with van der Waals surface area (Å²) >= 11 is 0. The molecule has 106 valence electrons. The van der Waals surface area contributed by atoms with Crippen LogP contribution in [0.5, 0.6) is 5.75 Å². The van der Waals surface area contributed by atoms with Gasteiger partial charge in [0.05, 0.1) is 20.1 Å². The average molecular weight is 272 g/mol. The number of methoxy groups -OCH3 is 2. The standard InChI is InChI=1S/C17H20O3/c1-19-14-6-3-12(4-7-14)15-8-5-13(16(18)20-2)11-17(15)9-10-17/h3-4,6-8,13H,5,9-11H2,1-2H3. The fourth-order valence-electron chi connectivity index (χ4n) is 3.31. The van der Waals surface area contributed by atoms with E-state index in [9.17, 15) is 4.79 Å². The van der Waals surface area contributed by atoms with E-state index in [1.165, 1.54) is 31.1 Å². The quantitative estimate of drug-likeness (QED) is 0.791. The van der Waals surface area contributed by atoms with Crippen molar-refractivity contribution in [3.8, 4) is 5.75 Å². The molecule has 0 aliphatic heterocycles. The highest BCUT2D eigenvalue weighted by atomic mass is 16.5. The van der Waals surface area contributed by atoms with Gasteiger partial charge in [0.2, 0.25) is 0 Å². The summed E-state index contributed by atoms with van der Waals surface area (Å²) < 4.78 is 10.1. The molecule has 1 saturated carbocycles. The molecule has 3 nitrogen and oxygen atoms in total. The molecule has 20 heavy (non-hydrogen) atoms. The molecule has 0 N–H and O–H groups in total. The summed E-state index contributed by atoms with van der Waals surface area (Å²) in [6.45, 7) is 0. The van der Waals surface area contributed by atoms with Crippen molar-refractivity contribution in [2.45, 2.75) is 25.7 Å². The van der Waals surface area contributed by atoms with Crippen molar-refractivity contribution in [2.75, 3.05) is 14.2 Å². The highest BCUT2D eigenvalue weighted by molar-refractivity contribution is 5.79. The third-order valence-electron chi connectivity index (χ3n) is 4.60. The molecule has 2 aliphatic carbocycles. The molecule has 0 radical (unpaired) electrons. The summed E-state index contributed by atoms with van der Waals surface area (Å²) in [5, 5.41) is 0. The van der Waals surface area contributed by atoms with Crippen LogP contribution in [0.3, 0.4) is 0 Å². The normalized spacial score (nSPS) is 23.1. The molecule has 0 bridgehead atoms. The van der Waals surface area contributed by atoms with Gasteiger partial charge in [0.25, 0.3) is 0 Å². The van der Waals surface area contributed by atoms with Crippen molar-refractivity contribution in [3.05, 3.63) is 35.9 Å². The molecule has 1 aromatic rings. The van der Waals surface area contributed by atoms with Crippen molar-refractivity contribution in [2.24, 2.45) is 11.3 Å². The Morgan fingerprint density at radius 2 is 1.90 bits per heavy atom. The molecule has 1 fully saturated rings. The first-order chi connectivity index (χ1) is 9.68. The van der Waals surface area contributed by atoms with Crippen molar-refractivity contribution >= 4 is 11.5 Å². The van der Waals surface area contributed by atoms with E-state index in [0.29, 0.717) is 0 Å². The van der Waals surface area contributed by atoms with Gasteiger partial charge in [0, 0.05) is 0 Å². The molecule has 0 saturated heterocycles. The third kappa shape index (κ3) is 2.21. The molecule has 1 aromatic carbocycles. The molecule has 2 aliphatic rings. The molecule has 1 atom stereocenters. The number of allylic oxidation sites excluding steroid dienone is 2. The van der Waals surface area contributed by atoms with Gasteiger partial charge in [-0.2, -0.15) is 0 Å². The second-order valence-corrected chi connectivity index (χ2v) is 5.79. The van der Waals surface area contributed by atoms with Crippen LogP contribution in [0.4, 0.5) is 0 Å². The number of hydrogen-bond donors (Lipinski definition) is 0. The molecule has 3 heteroatoms. The van der Waals surface area contributed by atoms with E-state index in [1.54, 1.807) is 7.11 Å². The van der Waals surface area contributed by atoms with E-state index < -0.39 is 0 Å². The Hall–Kier alpha value is -1.77. The lowest BCUT2D eigenvalue weighted by atomic mass is 9.76. The summed E-state index contributed by atoms with van der Waals surface area (Å²) in [5.74, 6) is 0.841. The minimum atomic E-state index is -0.0682. The maximum absolute atomic E-state index is 11.7. The van der Waals surface area contributed by atoms with E-state index in [-0.39, 0.29) is 17.3 Å². The van der Waals surface area contributed by atoms with Crippen LogP contribution in [0.2, 0.25) is 0 Å². The predicted octanol–water partition coefficient (Wildman–Crippen LogP) is 3.44. The summed E-state index contributed by atoms with van der Waals surface area (Å²) in [6, 6.07) is 8.23. The second-order valence-electron chi connectivity index (χ2n) is 5.79. The minimum absolute atomic E-state index is 0.0319. The van der Waals surface area contributed by atoms with Crippen molar-refractivity contribution in [1.29, 1.82) is 0 Å². The van der Waals surface area contributed by atoms with Gasteiger partial charge in [0.1, 0.15) is 5.75 Å². The van der Waals surface area contributed by atoms with Gasteiger partial charge in [0.15, 0.2) is 0 Å². The fourth-order valence-corrected chi connectivity index (χ4v) is 3.31. The van der Waals surface area contributed by atoms with Gasteiger partial charge >= 0.3 is 5.97 Å². The first-order valence-electron chi connectivity index (χ1n) is 7.11. The molecule has 1 unspecified atom stereocenters. The zero-order chi connectivity index (χ0) is 14.2. The van der Waals surface area contributed by atoms with Crippen LogP contribution < -0.4 is 4.74 Å². The largest absolute Gasteiger partial charge is 0.497 e. The van der Waals surface area contributed by atoms with Gasteiger partial charge in [-0.05, 0) is 54.4 Å². The Morgan fingerprint density at radius 1 is 1.20 bits per heavy atom. The van der Waals surface area contributed by atoms with Crippen LogP contribution in [-0.2, 0) is 9.53 Å². The predicted molar refractivity (Wildman–Crippen MR) is 77.4 cm³/mol.